The van der Waals surface area contributed by atoms with Crippen LogP contribution in [-0.4, -0.2) is 66.2 Å². The second-order valence-electron chi connectivity index (χ2n) is 9.07. The third-order valence-electron chi connectivity index (χ3n) is 7.18. The number of halogens is 3. The number of nitrogens with zero attached hydrogens (tertiary/aromatic N) is 3. The number of likely N-dealkylation sites (N-methyl/N-ethyl adjacent to an activating group) is 1. The van der Waals surface area contributed by atoms with Gasteiger partial charge in [0.15, 0.2) is 0 Å². The van der Waals surface area contributed by atoms with Crippen molar-refractivity contribution in [2.45, 2.75) is 57.4 Å². The molecule has 0 aromatic heterocycles. The summed E-state index contributed by atoms with van der Waals surface area (Å²) in [5.41, 5.74) is 2.24. The molecule has 0 radical (unpaired) electrons. The molecule has 1 aromatic carbocycles. The van der Waals surface area contributed by atoms with Gasteiger partial charge in [-0.05, 0) is 75.1 Å². The standard InChI is InChI=1S/C23H32FN3O3.2ClH/c1-25-12-10-17-5-8-20(22(24)19(17)11-13-25)27-15-14-26(23(27)30)18-6-2-16(3-7-18)4-9-21(28)29;;/h5,8,16,18H,2-4,6-7,9-15H2,1H3,(H,28,29);2*1H. The van der Waals surface area contributed by atoms with E-state index in [9.17, 15) is 9.59 Å². The third-order valence-corrected chi connectivity index (χ3v) is 7.18. The van der Waals surface area contributed by atoms with Crippen molar-refractivity contribution < 1.29 is 19.1 Å². The first kappa shape index (κ1) is 26.7. The number of carbonyl (C=O) groups is 2. The molecule has 3 aliphatic rings. The maximum Gasteiger partial charge on any atom is 0.324 e. The maximum absolute atomic E-state index is 15.4. The van der Waals surface area contributed by atoms with Crippen LogP contribution in [0, 0.1) is 11.7 Å². The van der Waals surface area contributed by atoms with E-state index in [1.165, 1.54) is 0 Å². The Morgan fingerprint density at radius 1 is 1.06 bits per heavy atom. The van der Waals surface area contributed by atoms with E-state index >= 15 is 4.39 Å². The van der Waals surface area contributed by atoms with Gasteiger partial charge in [0.1, 0.15) is 5.82 Å². The van der Waals surface area contributed by atoms with Gasteiger partial charge in [-0.25, -0.2) is 9.18 Å². The van der Waals surface area contributed by atoms with Crippen LogP contribution in [0.25, 0.3) is 0 Å². The Balaban J connectivity index is 0.00000181. The largest absolute Gasteiger partial charge is 0.481 e. The lowest BCUT2D eigenvalue weighted by Crippen LogP contribution is -2.41. The number of hydrogen-bond donors (Lipinski definition) is 1. The van der Waals surface area contributed by atoms with Gasteiger partial charge in [0.05, 0.1) is 5.69 Å². The topological polar surface area (TPSA) is 64.1 Å². The summed E-state index contributed by atoms with van der Waals surface area (Å²) >= 11 is 0. The smallest absolute Gasteiger partial charge is 0.324 e. The summed E-state index contributed by atoms with van der Waals surface area (Å²) in [5, 5.41) is 8.87. The van der Waals surface area contributed by atoms with Crippen molar-refractivity contribution in [1.29, 1.82) is 0 Å². The lowest BCUT2D eigenvalue weighted by atomic mass is 9.83. The van der Waals surface area contributed by atoms with E-state index in [1.54, 1.807) is 11.0 Å². The molecule has 1 aromatic rings. The number of carboxylic acid groups (broad SMARTS) is 1. The first-order chi connectivity index (χ1) is 14.4. The van der Waals surface area contributed by atoms with Crippen molar-refractivity contribution in [1.82, 2.24) is 9.80 Å². The van der Waals surface area contributed by atoms with Crippen LogP contribution in [-0.2, 0) is 17.6 Å². The molecule has 0 bridgehead atoms. The molecule has 2 fully saturated rings. The minimum atomic E-state index is -0.739. The molecular formula is C23H34Cl2FN3O3. The Bertz CT molecular complexity index is 818. The maximum atomic E-state index is 15.4. The van der Waals surface area contributed by atoms with Crippen molar-refractivity contribution >= 4 is 42.5 Å². The van der Waals surface area contributed by atoms with Crippen molar-refractivity contribution in [3.05, 3.63) is 29.1 Å². The zero-order valence-electron chi connectivity index (χ0n) is 18.6. The summed E-state index contributed by atoms with van der Waals surface area (Å²) in [7, 11) is 2.06. The average Bonchev–Trinajstić information content (AvgIpc) is 2.99. The van der Waals surface area contributed by atoms with Gasteiger partial charge in [-0.1, -0.05) is 6.07 Å². The van der Waals surface area contributed by atoms with Crippen LogP contribution in [0.5, 0.6) is 0 Å². The molecule has 32 heavy (non-hydrogen) atoms. The Hall–Kier alpha value is -1.57. The lowest BCUT2D eigenvalue weighted by molar-refractivity contribution is -0.137. The SMILES string of the molecule is CN1CCc2ccc(N3CCN(C4CCC(CCC(=O)O)CC4)C3=O)c(F)c2CC1.Cl.Cl. The van der Waals surface area contributed by atoms with E-state index in [0.29, 0.717) is 31.1 Å². The number of hydrogen-bond acceptors (Lipinski definition) is 3. The molecule has 2 heterocycles. The number of amides is 2. The zero-order chi connectivity index (χ0) is 21.3. The molecule has 2 amide bonds. The first-order valence-corrected chi connectivity index (χ1v) is 11.2. The van der Waals surface area contributed by atoms with Crippen molar-refractivity contribution in [3.63, 3.8) is 0 Å². The van der Waals surface area contributed by atoms with Gasteiger partial charge in [-0.3, -0.25) is 9.69 Å². The van der Waals surface area contributed by atoms with Gasteiger partial charge in [-0.15, -0.1) is 24.8 Å². The summed E-state index contributed by atoms with van der Waals surface area (Å²) in [6, 6.07) is 3.87. The summed E-state index contributed by atoms with van der Waals surface area (Å²) in [4.78, 5) is 29.7. The molecule has 0 atom stereocenters. The van der Waals surface area contributed by atoms with Crippen LogP contribution in [0.15, 0.2) is 12.1 Å². The fraction of sp³-hybridized carbons (Fsp3) is 0.652. The predicted molar refractivity (Wildman–Crippen MR) is 128 cm³/mol. The highest BCUT2D eigenvalue weighted by Gasteiger charge is 2.37. The second kappa shape index (κ2) is 11.5. The molecule has 4 rings (SSSR count). The Kier molecular flexibility index (Phi) is 9.61. The quantitative estimate of drug-likeness (QED) is 0.666. The molecule has 1 aliphatic carbocycles. The number of anilines is 1. The fourth-order valence-electron chi connectivity index (χ4n) is 5.28. The Labute approximate surface area is 201 Å². The molecular weight excluding hydrogens is 456 g/mol. The predicted octanol–water partition coefficient (Wildman–Crippen LogP) is 4.37. The van der Waals surface area contributed by atoms with E-state index in [0.717, 1.165) is 62.7 Å². The first-order valence-electron chi connectivity index (χ1n) is 11.2. The summed E-state index contributed by atoms with van der Waals surface area (Å²) < 4.78 is 15.4. The summed E-state index contributed by atoms with van der Waals surface area (Å²) in [6.45, 7) is 2.91. The summed E-state index contributed by atoms with van der Waals surface area (Å²) in [5.74, 6) is -0.529. The van der Waals surface area contributed by atoms with Crippen LogP contribution in [0.3, 0.4) is 0 Å². The number of carboxylic acids is 1. The molecule has 1 saturated carbocycles. The normalized spacial score (nSPS) is 23.8. The Morgan fingerprint density at radius 2 is 1.75 bits per heavy atom. The lowest BCUT2D eigenvalue weighted by Gasteiger charge is -2.34. The van der Waals surface area contributed by atoms with Gasteiger partial charge >= 0.3 is 12.0 Å². The van der Waals surface area contributed by atoms with Crippen molar-refractivity contribution in [3.8, 4) is 0 Å². The molecule has 0 unspecified atom stereocenters. The number of benzene rings is 1. The third kappa shape index (κ3) is 5.67. The van der Waals surface area contributed by atoms with Crippen LogP contribution >= 0.6 is 24.8 Å². The van der Waals surface area contributed by atoms with Gasteiger partial charge in [0.25, 0.3) is 0 Å². The van der Waals surface area contributed by atoms with E-state index in [-0.39, 0.29) is 49.1 Å². The molecule has 9 heteroatoms. The molecule has 1 saturated heterocycles. The average molecular weight is 490 g/mol. The highest BCUT2D eigenvalue weighted by molar-refractivity contribution is 5.94. The van der Waals surface area contributed by atoms with E-state index < -0.39 is 5.97 Å². The number of urea groups is 1. The number of aliphatic carboxylic acids is 1. The van der Waals surface area contributed by atoms with E-state index in [2.05, 4.69) is 11.9 Å². The Morgan fingerprint density at radius 3 is 2.44 bits per heavy atom. The van der Waals surface area contributed by atoms with Crippen molar-refractivity contribution in [2.24, 2.45) is 5.92 Å². The molecule has 180 valence electrons. The minimum absolute atomic E-state index is 0. The second-order valence-corrected chi connectivity index (χ2v) is 9.07. The van der Waals surface area contributed by atoms with E-state index in [4.69, 9.17) is 5.11 Å². The highest BCUT2D eigenvalue weighted by atomic mass is 35.5. The molecule has 6 nitrogen and oxygen atoms in total. The fourth-order valence-corrected chi connectivity index (χ4v) is 5.28. The van der Waals surface area contributed by atoms with E-state index in [1.807, 2.05) is 11.0 Å². The number of carbonyl (C=O) groups excluding carboxylic acids is 1. The molecule has 2 aliphatic heterocycles. The minimum Gasteiger partial charge on any atom is -0.481 e. The van der Waals surface area contributed by atoms with Crippen LogP contribution < -0.4 is 4.90 Å². The number of rotatable bonds is 5. The van der Waals surface area contributed by atoms with Crippen LogP contribution in [0.1, 0.15) is 49.7 Å². The highest BCUT2D eigenvalue weighted by Crippen LogP contribution is 2.35. The monoisotopic (exact) mass is 489 g/mol. The molecule has 0 spiro atoms. The van der Waals surface area contributed by atoms with Crippen LogP contribution in [0.2, 0.25) is 0 Å². The van der Waals surface area contributed by atoms with Crippen LogP contribution in [0.4, 0.5) is 14.9 Å². The summed E-state index contributed by atoms with van der Waals surface area (Å²) in [6.07, 6.45) is 6.19. The van der Waals surface area contributed by atoms with Crippen molar-refractivity contribution in [2.75, 3.05) is 38.1 Å². The number of fused-ring (bicyclic) bond motifs is 1. The van der Waals surface area contributed by atoms with Gasteiger partial charge in [-0.2, -0.15) is 0 Å². The zero-order valence-corrected chi connectivity index (χ0v) is 20.2. The molecule has 1 N–H and O–H groups in total. The van der Waals surface area contributed by atoms with Gasteiger partial charge in [0.2, 0.25) is 0 Å². The van der Waals surface area contributed by atoms with Gasteiger partial charge in [0, 0.05) is 38.6 Å². The van der Waals surface area contributed by atoms with Gasteiger partial charge < -0.3 is 14.9 Å².